The Morgan fingerprint density at radius 3 is 2.86 bits per heavy atom. The average Bonchev–Trinajstić information content (AvgIpc) is 3.12. The summed E-state index contributed by atoms with van der Waals surface area (Å²) in [5.41, 5.74) is 0.920. The number of aromatic nitrogens is 1. The van der Waals surface area contributed by atoms with Crippen molar-refractivity contribution in [1.82, 2.24) is 20.3 Å². The maximum atomic E-state index is 12.3. The van der Waals surface area contributed by atoms with Gasteiger partial charge < -0.3 is 14.7 Å². The molecule has 0 spiro atoms. The molecule has 2 saturated heterocycles. The summed E-state index contributed by atoms with van der Waals surface area (Å²) in [6.07, 6.45) is 1.84. The van der Waals surface area contributed by atoms with Crippen LogP contribution in [0.4, 0.5) is 0 Å². The minimum absolute atomic E-state index is 0.318. The molecule has 6 heteroatoms. The number of hydrogen-bond donors (Lipinski definition) is 1. The molecular weight excluding hydrogens is 268 g/mol. The van der Waals surface area contributed by atoms with Gasteiger partial charge in [-0.1, -0.05) is 5.16 Å². The van der Waals surface area contributed by atoms with E-state index in [1.165, 1.54) is 0 Å². The molecule has 3 rings (SSSR count). The largest absolute Gasteiger partial charge is 0.360 e. The Balaban J connectivity index is 1.42. The molecule has 3 heterocycles. The van der Waals surface area contributed by atoms with Gasteiger partial charge in [-0.15, -0.1) is 0 Å². The molecule has 2 aliphatic heterocycles. The van der Waals surface area contributed by atoms with Gasteiger partial charge >= 0.3 is 0 Å². The van der Waals surface area contributed by atoms with Crippen LogP contribution in [-0.4, -0.2) is 60.1 Å². The molecule has 0 aromatic carbocycles. The second kappa shape index (κ2) is 6.58. The summed E-state index contributed by atoms with van der Waals surface area (Å²) in [5.74, 6) is 1.76. The number of hydrogen-bond acceptors (Lipinski definition) is 5. The first kappa shape index (κ1) is 14.5. The van der Waals surface area contributed by atoms with Crippen LogP contribution in [0, 0.1) is 12.8 Å². The Hall–Kier alpha value is -1.40. The molecule has 1 N–H and O–H groups in total. The number of amides is 1. The van der Waals surface area contributed by atoms with Gasteiger partial charge in [0.1, 0.15) is 0 Å². The average molecular weight is 292 g/mol. The van der Waals surface area contributed by atoms with E-state index in [0.717, 1.165) is 63.7 Å². The molecular formula is C15H24N4O2. The zero-order valence-electron chi connectivity index (χ0n) is 12.7. The van der Waals surface area contributed by atoms with Gasteiger partial charge in [0.2, 0.25) is 5.91 Å². The fourth-order valence-corrected chi connectivity index (χ4v) is 3.13. The van der Waals surface area contributed by atoms with Gasteiger partial charge in [-0.2, -0.15) is 0 Å². The van der Waals surface area contributed by atoms with Gasteiger partial charge in [0.25, 0.3) is 0 Å². The van der Waals surface area contributed by atoms with E-state index in [0.29, 0.717) is 18.2 Å². The summed E-state index contributed by atoms with van der Waals surface area (Å²) >= 11 is 0. The van der Waals surface area contributed by atoms with Gasteiger partial charge in [-0.3, -0.25) is 9.69 Å². The number of rotatable bonds is 4. The van der Waals surface area contributed by atoms with E-state index in [1.807, 2.05) is 17.9 Å². The summed E-state index contributed by atoms with van der Waals surface area (Å²) in [6, 6.07) is 1.98. The summed E-state index contributed by atoms with van der Waals surface area (Å²) < 4.78 is 5.25. The van der Waals surface area contributed by atoms with Gasteiger partial charge in [-0.25, -0.2) is 0 Å². The van der Waals surface area contributed by atoms with Crippen molar-refractivity contribution in [2.75, 3.05) is 39.3 Å². The smallest absolute Gasteiger partial charge is 0.222 e. The first-order valence-electron chi connectivity index (χ1n) is 7.84. The van der Waals surface area contributed by atoms with Crippen LogP contribution in [0.15, 0.2) is 10.6 Å². The molecule has 1 aromatic heterocycles. The first-order valence-corrected chi connectivity index (χ1v) is 7.84. The normalized spacial score (nSPS) is 23.7. The molecule has 21 heavy (non-hydrogen) atoms. The molecule has 0 bridgehead atoms. The van der Waals surface area contributed by atoms with Crippen molar-refractivity contribution >= 4 is 5.91 Å². The fraction of sp³-hybridized carbons (Fsp3) is 0.733. The molecule has 2 aliphatic rings. The monoisotopic (exact) mass is 292 g/mol. The SMILES string of the molecule is Cc1cc(CN2CCN(C(=O)CC3CCNC3)CC2)on1. The van der Waals surface area contributed by atoms with E-state index in [2.05, 4.69) is 15.4 Å². The molecule has 6 nitrogen and oxygen atoms in total. The summed E-state index contributed by atoms with van der Waals surface area (Å²) in [5, 5.41) is 7.23. The fourth-order valence-electron chi connectivity index (χ4n) is 3.13. The molecule has 0 aliphatic carbocycles. The highest BCUT2D eigenvalue weighted by atomic mass is 16.5. The standard InChI is InChI=1S/C15H24N4O2/c1-12-8-14(21-17-12)11-18-4-6-19(7-5-18)15(20)9-13-2-3-16-10-13/h8,13,16H,2-7,9-11H2,1H3. The Labute approximate surface area is 125 Å². The van der Waals surface area contributed by atoms with Gasteiger partial charge in [0.15, 0.2) is 5.76 Å². The molecule has 1 aromatic rings. The highest BCUT2D eigenvalue weighted by Crippen LogP contribution is 2.16. The topological polar surface area (TPSA) is 61.6 Å². The van der Waals surface area contributed by atoms with E-state index in [9.17, 15) is 4.79 Å². The quantitative estimate of drug-likeness (QED) is 0.882. The summed E-state index contributed by atoms with van der Waals surface area (Å²) in [4.78, 5) is 16.6. The van der Waals surface area contributed by atoms with Crippen LogP contribution in [0.5, 0.6) is 0 Å². The molecule has 116 valence electrons. The van der Waals surface area contributed by atoms with E-state index < -0.39 is 0 Å². The zero-order chi connectivity index (χ0) is 14.7. The van der Waals surface area contributed by atoms with E-state index in [4.69, 9.17) is 4.52 Å². The number of nitrogens with zero attached hydrogens (tertiary/aromatic N) is 3. The predicted octanol–water partition coefficient (Wildman–Crippen LogP) is 0.627. The van der Waals surface area contributed by atoms with E-state index in [1.54, 1.807) is 0 Å². The van der Waals surface area contributed by atoms with Crippen molar-refractivity contribution in [2.45, 2.75) is 26.3 Å². The number of carbonyl (C=O) groups is 1. The van der Waals surface area contributed by atoms with Crippen molar-refractivity contribution in [3.63, 3.8) is 0 Å². The first-order chi connectivity index (χ1) is 10.2. The Bertz CT molecular complexity index is 474. The van der Waals surface area contributed by atoms with Gasteiger partial charge in [0.05, 0.1) is 12.2 Å². The minimum atomic E-state index is 0.318. The van der Waals surface area contributed by atoms with Crippen LogP contribution in [-0.2, 0) is 11.3 Å². The second-order valence-corrected chi connectivity index (χ2v) is 6.15. The number of nitrogens with one attached hydrogen (secondary N) is 1. The molecule has 1 unspecified atom stereocenters. The summed E-state index contributed by atoms with van der Waals surface area (Å²) in [6.45, 7) is 8.25. The predicted molar refractivity (Wildman–Crippen MR) is 78.7 cm³/mol. The van der Waals surface area contributed by atoms with Crippen LogP contribution in [0.3, 0.4) is 0 Å². The van der Waals surface area contributed by atoms with Crippen molar-refractivity contribution in [1.29, 1.82) is 0 Å². The van der Waals surface area contributed by atoms with Crippen molar-refractivity contribution in [2.24, 2.45) is 5.92 Å². The third-order valence-corrected chi connectivity index (χ3v) is 4.41. The van der Waals surface area contributed by atoms with Crippen molar-refractivity contribution < 1.29 is 9.32 Å². The Morgan fingerprint density at radius 1 is 1.43 bits per heavy atom. The number of aryl methyl sites for hydroxylation is 1. The van der Waals surface area contributed by atoms with Crippen molar-refractivity contribution in [3.8, 4) is 0 Å². The van der Waals surface area contributed by atoms with Crippen LogP contribution < -0.4 is 5.32 Å². The van der Waals surface area contributed by atoms with Gasteiger partial charge in [0, 0.05) is 38.7 Å². The lowest BCUT2D eigenvalue weighted by Crippen LogP contribution is -2.48. The molecule has 2 fully saturated rings. The molecule has 1 atom stereocenters. The molecule has 1 amide bonds. The highest BCUT2D eigenvalue weighted by Gasteiger charge is 2.25. The molecule has 0 radical (unpaired) electrons. The lowest BCUT2D eigenvalue weighted by molar-refractivity contribution is -0.133. The van der Waals surface area contributed by atoms with E-state index in [-0.39, 0.29) is 0 Å². The van der Waals surface area contributed by atoms with E-state index >= 15 is 0 Å². The number of piperazine rings is 1. The van der Waals surface area contributed by atoms with Crippen LogP contribution in [0.1, 0.15) is 24.3 Å². The van der Waals surface area contributed by atoms with Gasteiger partial charge in [-0.05, 0) is 32.4 Å². The third kappa shape index (κ3) is 3.83. The minimum Gasteiger partial charge on any atom is -0.360 e. The van der Waals surface area contributed by atoms with Crippen LogP contribution >= 0.6 is 0 Å². The Kier molecular flexibility index (Phi) is 4.55. The zero-order valence-corrected chi connectivity index (χ0v) is 12.7. The maximum Gasteiger partial charge on any atom is 0.222 e. The van der Waals surface area contributed by atoms with Crippen molar-refractivity contribution in [3.05, 3.63) is 17.5 Å². The third-order valence-electron chi connectivity index (χ3n) is 4.41. The highest BCUT2D eigenvalue weighted by molar-refractivity contribution is 5.76. The Morgan fingerprint density at radius 2 is 2.24 bits per heavy atom. The second-order valence-electron chi connectivity index (χ2n) is 6.15. The lowest BCUT2D eigenvalue weighted by atomic mass is 10.0. The van der Waals surface area contributed by atoms with Crippen LogP contribution in [0.2, 0.25) is 0 Å². The maximum absolute atomic E-state index is 12.3. The number of carbonyl (C=O) groups excluding carboxylic acids is 1. The lowest BCUT2D eigenvalue weighted by Gasteiger charge is -2.34. The molecule has 0 saturated carbocycles. The summed E-state index contributed by atoms with van der Waals surface area (Å²) in [7, 11) is 0. The van der Waals surface area contributed by atoms with Crippen LogP contribution in [0.25, 0.3) is 0 Å².